The number of hydrogen-bond donors (Lipinski definition) is 0. The van der Waals surface area contributed by atoms with Crippen molar-refractivity contribution >= 4 is 22.5 Å². The van der Waals surface area contributed by atoms with Crippen molar-refractivity contribution in [1.82, 2.24) is 9.55 Å². The first-order valence-corrected chi connectivity index (χ1v) is 10.1. The second-order valence-electron chi connectivity index (χ2n) is 7.35. The molecule has 0 fully saturated rings. The number of carbonyl (C=O) groups excluding carboxylic acids is 1. The number of nitrogens with zero attached hydrogens (tertiary/aromatic N) is 3. The van der Waals surface area contributed by atoms with Gasteiger partial charge >= 0.3 is 0 Å². The lowest BCUT2D eigenvalue weighted by Gasteiger charge is -2.29. The maximum Gasteiger partial charge on any atom is 0.261 e. The van der Waals surface area contributed by atoms with Crippen LogP contribution in [-0.4, -0.2) is 36.2 Å². The number of benzene rings is 2. The van der Waals surface area contributed by atoms with Crippen molar-refractivity contribution in [1.29, 1.82) is 0 Å². The zero-order valence-electron chi connectivity index (χ0n) is 17.3. The second-order valence-corrected chi connectivity index (χ2v) is 7.35. The van der Waals surface area contributed by atoms with E-state index in [0.29, 0.717) is 41.8 Å². The van der Waals surface area contributed by atoms with E-state index >= 15 is 0 Å². The molecule has 0 saturated carbocycles. The average Bonchev–Trinajstić information content (AvgIpc) is 2.79. The Hall–Kier alpha value is -3.35. The van der Waals surface area contributed by atoms with Crippen molar-refractivity contribution < 1.29 is 14.3 Å². The van der Waals surface area contributed by atoms with Crippen LogP contribution in [0.25, 0.3) is 10.9 Å². The van der Waals surface area contributed by atoms with Crippen LogP contribution >= 0.6 is 0 Å². The summed E-state index contributed by atoms with van der Waals surface area (Å²) in [4.78, 5) is 31.9. The third-order valence-corrected chi connectivity index (χ3v) is 5.53. The molecule has 7 nitrogen and oxygen atoms in total. The molecule has 2 heterocycles. The van der Waals surface area contributed by atoms with Crippen LogP contribution in [0.2, 0.25) is 0 Å². The summed E-state index contributed by atoms with van der Waals surface area (Å²) < 4.78 is 12.1. The zero-order chi connectivity index (χ0) is 21.1. The molecule has 7 heteroatoms. The third-order valence-electron chi connectivity index (χ3n) is 5.53. The number of rotatable bonds is 6. The molecule has 0 spiro atoms. The second kappa shape index (κ2) is 8.57. The molecular formula is C23H25N3O4. The van der Waals surface area contributed by atoms with E-state index in [4.69, 9.17) is 9.47 Å². The van der Waals surface area contributed by atoms with Gasteiger partial charge in [-0.1, -0.05) is 18.2 Å². The Labute approximate surface area is 174 Å². The molecule has 4 rings (SSSR count). The van der Waals surface area contributed by atoms with Gasteiger partial charge in [-0.05, 0) is 37.0 Å². The van der Waals surface area contributed by atoms with E-state index in [1.54, 1.807) is 23.8 Å². The molecule has 0 radical (unpaired) electrons. The number of carbonyl (C=O) groups is 1. The summed E-state index contributed by atoms with van der Waals surface area (Å²) in [5.74, 6) is 1.11. The highest BCUT2D eigenvalue weighted by Crippen LogP contribution is 2.30. The lowest BCUT2D eigenvalue weighted by molar-refractivity contribution is -0.118. The van der Waals surface area contributed by atoms with Crippen molar-refractivity contribution in [3.05, 3.63) is 58.6 Å². The number of aryl methyl sites for hydroxylation is 2. The molecule has 1 aliphatic rings. The van der Waals surface area contributed by atoms with Gasteiger partial charge in [-0.25, -0.2) is 4.98 Å². The lowest BCUT2D eigenvalue weighted by Crippen LogP contribution is -2.35. The Bertz CT molecular complexity index is 1140. The monoisotopic (exact) mass is 407 g/mol. The molecule has 1 amide bonds. The van der Waals surface area contributed by atoms with Crippen LogP contribution in [0.3, 0.4) is 0 Å². The quantitative estimate of drug-likeness (QED) is 0.628. The summed E-state index contributed by atoms with van der Waals surface area (Å²) in [6.45, 7) is 1.17. The topological polar surface area (TPSA) is 73.7 Å². The van der Waals surface area contributed by atoms with E-state index in [1.807, 2.05) is 23.1 Å². The molecule has 0 unspecified atom stereocenters. The van der Waals surface area contributed by atoms with Gasteiger partial charge in [0.15, 0.2) is 11.5 Å². The highest BCUT2D eigenvalue weighted by Gasteiger charge is 2.21. The van der Waals surface area contributed by atoms with E-state index in [-0.39, 0.29) is 11.5 Å². The number of methoxy groups -OCH3 is 2. The van der Waals surface area contributed by atoms with Crippen molar-refractivity contribution in [3.8, 4) is 11.5 Å². The minimum absolute atomic E-state index is 0.0929. The number of para-hydroxylation sites is 1. The molecule has 1 aromatic heterocycles. The molecule has 0 atom stereocenters. The Morgan fingerprint density at radius 2 is 1.90 bits per heavy atom. The van der Waals surface area contributed by atoms with Gasteiger partial charge in [0, 0.05) is 31.3 Å². The number of aromatic nitrogens is 2. The van der Waals surface area contributed by atoms with Crippen molar-refractivity contribution in [2.45, 2.75) is 32.2 Å². The predicted octanol–water partition coefficient (Wildman–Crippen LogP) is 3.17. The maximum absolute atomic E-state index is 12.9. The summed E-state index contributed by atoms with van der Waals surface area (Å²) >= 11 is 0. The molecule has 1 aliphatic heterocycles. The van der Waals surface area contributed by atoms with Crippen molar-refractivity contribution in [2.24, 2.45) is 0 Å². The van der Waals surface area contributed by atoms with Crippen molar-refractivity contribution in [2.75, 3.05) is 25.7 Å². The molecule has 0 N–H and O–H groups in total. The standard InChI is InChI=1S/C23H25N3O4/c1-29-20-13-17-18(14-21(20)30-2)24-15-25(23(17)28)11-6-10-22(27)26-12-5-8-16-7-3-4-9-19(16)26/h3-4,7,9,13-15H,5-6,8,10-12H2,1-2H3. The highest BCUT2D eigenvalue weighted by atomic mass is 16.5. The average molecular weight is 407 g/mol. The first kappa shape index (κ1) is 19.9. The van der Waals surface area contributed by atoms with Gasteiger partial charge in [-0.15, -0.1) is 0 Å². The molecule has 0 aliphatic carbocycles. The van der Waals surface area contributed by atoms with Crippen LogP contribution in [-0.2, 0) is 17.8 Å². The molecule has 0 saturated heterocycles. The van der Waals surface area contributed by atoms with Gasteiger partial charge in [0.05, 0.1) is 31.4 Å². The molecular weight excluding hydrogens is 382 g/mol. The lowest BCUT2D eigenvalue weighted by atomic mass is 10.0. The van der Waals surface area contributed by atoms with E-state index in [0.717, 1.165) is 25.1 Å². The van der Waals surface area contributed by atoms with E-state index in [2.05, 4.69) is 11.1 Å². The largest absolute Gasteiger partial charge is 0.493 e. The minimum atomic E-state index is -0.156. The number of anilines is 1. The van der Waals surface area contributed by atoms with Crippen LogP contribution < -0.4 is 19.9 Å². The van der Waals surface area contributed by atoms with Crippen molar-refractivity contribution in [3.63, 3.8) is 0 Å². The number of amides is 1. The molecule has 2 aromatic carbocycles. The molecule has 0 bridgehead atoms. The van der Waals surface area contributed by atoms with Gasteiger partial charge in [0.25, 0.3) is 5.56 Å². The van der Waals surface area contributed by atoms with E-state index in [9.17, 15) is 9.59 Å². The van der Waals surface area contributed by atoms with Gasteiger partial charge < -0.3 is 14.4 Å². The first-order chi connectivity index (χ1) is 14.6. The highest BCUT2D eigenvalue weighted by molar-refractivity contribution is 5.94. The maximum atomic E-state index is 12.9. The Morgan fingerprint density at radius 1 is 1.13 bits per heavy atom. The smallest absolute Gasteiger partial charge is 0.261 e. The Morgan fingerprint density at radius 3 is 2.70 bits per heavy atom. The molecule has 3 aromatic rings. The van der Waals surface area contributed by atoms with E-state index in [1.165, 1.54) is 19.0 Å². The fraction of sp³-hybridized carbons (Fsp3) is 0.348. The summed E-state index contributed by atoms with van der Waals surface area (Å²) in [5, 5.41) is 0.464. The number of ether oxygens (including phenoxy) is 2. The number of fused-ring (bicyclic) bond motifs is 2. The van der Waals surface area contributed by atoms with Gasteiger partial charge in [0.1, 0.15) is 0 Å². The predicted molar refractivity (Wildman–Crippen MR) is 115 cm³/mol. The van der Waals surface area contributed by atoms with E-state index < -0.39 is 0 Å². The van der Waals surface area contributed by atoms with Crippen LogP contribution in [0.15, 0.2) is 47.5 Å². The SMILES string of the molecule is COc1cc2ncn(CCCC(=O)N3CCCc4ccccc43)c(=O)c2cc1OC. The number of hydrogen-bond acceptors (Lipinski definition) is 5. The molecule has 156 valence electrons. The summed E-state index contributed by atoms with van der Waals surface area (Å²) in [6.07, 6.45) is 4.45. The van der Waals surface area contributed by atoms with Crippen LogP contribution in [0, 0.1) is 0 Å². The van der Waals surface area contributed by atoms with Gasteiger partial charge in [0.2, 0.25) is 5.91 Å². The van der Waals surface area contributed by atoms with Gasteiger partial charge in [-0.2, -0.15) is 0 Å². The summed E-state index contributed by atoms with van der Waals surface area (Å²) in [5.41, 5.74) is 2.63. The van der Waals surface area contributed by atoms with Crippen LogP contribution in [0.5, 0.6) is 11.5 Å². The summed E-state index contributed by atoms with van der Waals surface area (Å²) in [7, 11) is 3.08. The van der Waals surface area contributed by atoms with Gasteiger partial charge in [-0.3, -0.25) is 14.2 Å². The molecule has 30 heavy (non-hydrogen) atoms. The summed E-state index contributed by atoms with van der Waals surface area (Å²) in [6, 6.07) is 11.4. The van der Waals surface area contributed by atoms with Crippen LogP contribution in [0.4, 0.5) is 5.69 Å². The first-order valence-electron chi connectivity index (χ1n) is 10.1. The fourth-order valence-electron chi connectivity index (χ4n) is 3.97. The normalized spacial score (nSPS) is 13.2. The minimum Gasteiger partial charge on any atom is -0.493 e. The van der Waals surface area contributed by atoms with Crippen LogP contribution in [0.1, 0.15) is 24.8 Å². The fourth-order valence-corrected chi connectivity index (χ4v) is 3.97. The Kier molecular flexibility index (Phi) is 5.70. The zero-order valence-corrected chi connectivity index (χ0v) is 17.3. The third kappa shape index (κ3) is 3.75. The Balaban J connectivity index is 1.47.